The number of allylic oxidation sites excluding steroid dienone is 2. The summed E-state index contributed by atoms with van der Waals surface area (Å²) < 4.78 is 0. The molecular formula is C23H22ClNO2. The lowest BCUT2D eigenvalue weighted by Crippen LogP contribution is -2.40. The molecule has 1 amide bonds. The molecule has 2 aliphatic rings. The number of hydrogen-bond acceptors (Lipinski definition) is 2. The van der Waals surface area contributed by atoms with Gasteiger partial charge in [-0.05, 0) is 49.9 Å². The maximum atomic E-state index is 13.2. The Morgan fingerprint density at radius 2 is 1.81 bits per heavy atom. The summed E-state index contributed by atoms with van der Waals surface area (Å²) in [6.07, 6.45) is 2.38. The molecule has 0 aromatic heterocycles. The quantitative estimate of drug-likeness (QED) is 0.692. The standard InChI is InChI=1S/C23H22ClNO2/c1-14-6-3-7-16(12-14)17-13-22(27)25(19-9-4-8-18(24)15(19)2)20-10-5-11-21(26)23(17)20/h3-4,6-9,12,17H,5,10-11,13H2,1-2H3. The predicted octanol–water partition coefficient (Wildman–Crippen LogP) is 5.48. The molecule has 0 spiro atoms. The van der Waals surface area contributed by atoms with Crippen molar-refractivity contribution in [1.82, 2.24) is 0 Å². The highest BCUT2D eigenvalue weighted by atomic mass is 35.5. The van der Waals surface area contributed by atoms with Crippen molar-refractivity contribution in [2.45, 2.75) is 45.4 Å². The smallest absolute Gasteiger partial charge is 0.232 e. The maximum Gasteiger partial charge on any atom is 0.232 e. The Labute approximate surface area is 164 Å². The SMILES string of the molecule is Cc1cccc(C2CC(=O)N(c3cccc(Cl)c3C)C3=C2C(=O)CCC3)c1. The molecule has 1 aliphatic heterocycles. The predicted molar refractivity (Wildman–Crippen MR) is 108 cm³/mol. The molecule has 1 heterocycles. The van der Waals surface area contributed by atoms with Crippen LogP contribution in [0, 0.1) is 13.8 Å². The zero-order valence-corrected chi connectivity index (χ0v) is 16.3. The summed E-state index contributed by atoms with van der Waals surface area (Å²) in [5.74, 6) is 0.0381. The first kappa shape index (κ1) is 18.0. The van der Waals surface area contributed by atoms with Gasteiger partial charge in [-0.15, -0.1) is 0 Å². The first-order valence-corrected chi connectivity index (χ1v) is 9.76. The van der Waals surface area contributed by atoms with Crippen LogP contribution in [0.25, 0.3) is 0 Å². The molecule has 0 bridgehead atoms. The second-order valence-electron chi connectivity index (χ2n) is 7.42. The van der Waals surface area contributed by atoms with Crippen LogP contribution in [-0.4, -0.2) is 11.7 Å². The van der Waals surface area contributed by atoms with Crippen molar-refractivity contribution >= 4 is 29.0 Å². The summed E-state index contributed by atoms with van der Waals surface area (Å²) in [5.41, 5.74) is 5.51. The Hall–Kier alpha value is -2.39. The van der Waals surface area contributed by atoms with Crippen LogP contribution in [0.4, 0.5) is 5.69 Å². The van der Waals surface area contributed by atoms with E-state index in [0.717, 1.165) is 46.5 Å². The molecular weight excluding hydrogens is 358 g/mol. The highest BCUT2D eigenvalue weighted by Crippen LogP contribution is 2.44. The van der Waals surface area contributed by atoms with Crippen LogP contribution in [0.5, 0.6) is 0 Å². The number of halogens is 1. The van der Waals surface area contributed by atoms with Crippen LogP contribution in [0.15, 0.2) is 53.7 Å². The number of hydrogen-bond donors (Lipinski definition) is 0. The molecule has 1 unspecified atom stereocenters. The minimum atomic E-state index is -0.157. The highest BCUT2D eigenvalue weighted by Gasteiger charge is 2.40. The fourth-order valence-corrected chi connectivity index (χ4v) is 4.45. The van der Waals surface area contributed by atoms with Gasteiger partial charge in [0.05, 0.1) is 5.69 Å². The molecule has 138 valence electrons. The van der Waals surface area contributed by atoms with Gasteiger partial charge in [0.1, 0.15) is 0 Å². The minimum absolute atomic E-state index is 0.0281. The van der Waals surface area contributed by atoms with Gasteiger partial charge >= 0.3 is 0 Å². The third-order valence-corrected chi connectivity index (χ3v) is 6.01. The molecule has 3 nitrogen and oxygen atoms in total. The van der Waals surface area contributed by atoms with E-state index < -0.39 is 0 Å². The Bertz CT molecular complexity index is 976. The van der Waals surface area contributed by atoms with E-state index in [1.807, 2.05) is 50.2 Å². The van der Waals surface area contributed by atoms with Crippen LogP contribution in [0.2, 0.25) is 5.02 Å². The van der Waals surface area contributed by atoms with Crippen LogP contribution in [-0.2, 0) is 9.59 Å². The van der Waals surface area contributed by atoms with Gasteiger partial charge in [0, 0.05) is 35.1 Å². The van der Waals surface area contributed by atoms with E-state index in [0.29, 0.717) is 17.9 Å². The molecule has 1 aliphatic carbocycles. The molecule has 2 aromatic rings. The van der Waals surface area contributed by atoms with E-state index in [2.05, 4.69) is 6.07 Å². The molecule has 0 N–H and O–H groups in total. The molecule has 4 rings (SSSR count). The first-order valence-electron chi connectivity index (χ1n) is 9.38. The van der Waals surface area contributed by atoms with Crippen molar-refractivity contribution in [1.29, 1.82) is 0 Å². The third kappa shape index (κ3) is 3.10. The third-order valence-electron chi connectivity index (χ3n) is 5.60. The van der Waals surface area contributed by atoms with Crippen molar-refractivity contribution in [3.63, 3.8) is 0 Å². The normalized spacial score (nSPS) is 20.1. The number of aryl methyl sites for hydroxylation is 1. The van der Waals surface area contributed by atoms with Crippen LogP contribution >= 0.6 is 11.6 Å². The van der Waals surface area contributed by atoms with Crippen molar-refractivity contribution in [3.8, 4) is 0 Å². The van der Waals surface area contributed by atoms with Crippen molar-refractivity contribution in [2.24, 2.45) is 0 Å². The Kier molecular flexibility index (Phi) is 4.65. The summed E-state index contributed by atoms with van der Waals surface area (Å²) in [5, 5.41) is 0.630. The summed E-state index contributed by atoms with van der Waals surface area (Å²) in [7, 11) is 0. The fourth-order valence-electron chi connectivity index (χ4n) is 4.28. The minimum Gasteiger partial charge on any atom is -0.294 e. The largest absolute Gasteiger partial charge is 0.294 e. The van der Waals surface area contributed by atoms with Gasteiger partial charge in [0.25, 0.3) is 0 Å². The number of nitrogens with zero attached hydrogens (tertiary/aromatic N) is 1. The highest BCUT2D eigenvalue weighted by molar-refractivity contribution is 6.31. The second kappa shape index (κ2) is 6.97. The number of ketones is 1. The summed E-state index contributed by atoms with van der Waals surface area (Å²) in [4.78, 5) is 27.9. The van der Waals surface area contributed by atoms with Gasteiger partial charge in [0.2, 0.25) is 5.91 Å². The van der Waals surface area contributed by atoms with Crippen LogP contribution in [0.1, 0.15) is 48.3 Å². The number of Topliss-reactive ketones (excluding diaryl/α,β-unsaturated/α-hetero) is 1. The van der Waals surface area contributed by atoms with Crippen LogP contribution < -0.4 is 4.90 Å². The average molecular weight is 380 g/mol. The Morgan fingerprint density at radius 1 is 1.04 bits per heavy atom. The second-order valence-corrected chi connectivity index (χ2v) is 7.83. The zero-order valence-electron chi connectivity index (χ0n) is 15.6. The fraction of sp³-hybridized carbons (Fsp3) is 0.304. The molecule has 0 saturated heterocycles. The van der Waals surface area contributed by atoms with Gasteiger partial charge in [-0.1, -0.05) is 47.5 Å². The van der Waals surface area contributed by atoms with Crippen molar-refractivity contribution < 1.29 is 9.59 Å². The summed E-state index contributed by atoms with van der Waals surface area (Å²) >= 11 is 6.31. The average Bonchev–Trinajstić information content (AvgIpc) is 2.64. The number of rotatable bonds is 2. The van der Waals surface area contributed by atoms with Gasteiger partial charge in [-0.3, -0.25) is 14.5 Å². The monoisotopic (exact) mass is 379 g/mol. The molecule has 0 fully saturated rings. The van der Waals surface area contributed by atoms with E-state index in [1.165, 1.54) is 0 Å². The number of amides is 1. The molecule has 27 heavy (non-hydrogen) atoms. The topological polar surface area (TPSA) is 37.4 Å². The van der Waals surface area contributed by atoms with E-state index in [-0.39, 0.29) is 17.6 Å². The van der Waals surface area contributed by atoms with Gasteiger partial charge in [-0.25, -0.2) is 0 Å². The maximum absolute atomic E-state index is 13.2. The lowest BCUT2D eigenvalue weighted by atomic mass is 9.77. The lowest BCUT2D eigenvalue weighted by molar-refractivity contribution is -0.119. The molecule has 0 saturated carbocycles. The molecule has 0 radical (unpaired) electrons. The van der Waals surface area contributed by atoms with Crippen molar-refractivity contribution in [2.75, 3.05) is 4.90 Å². The number of benzene rings is 2. The van der Waals surface area contributed by atoms with Gasteiger partial charge in [-0.2, -0.15) is 0 Å². The zero-order chi connectivity index (χ0) is 19.1. The van der Waals surface area contributed by atoms with E-state index in [1.54, 1.807) is 4.90 Å². The van der Waals surface area contributed by atoms with E-state index in [4.69, 9.17) is 11.6 Å². The van der Waals surface area contributed by atoms with E-state index in [9.17, 15) is 9.59 Å². The first-order chi connectivity index (χ1) is 13.0. The lowest BCUT2D eigenvalue weighted by Gasteiger charge is -2.39. The van der Waals surface area contributed by atoms with Gasteiger partial charge in [0.15, 0.2) is 5.78 Å². The number of carbonyl (C=O) groups excluding carboxylic acids is 2. The molecule has 4 heteroatoms. The molecule has 1 atom stereocenters. The van der Waals surface area contributed by atoms with E-state index >= 15 is 0 Å². The number of carbonyl (C=O) groups is 2. The Morgan fingerprint density at radius 3 is 2.59 bits per heavy atom. The van der Waals surface area contributed by atoms with Crippen molar-refractivity contribution in [3.05, 3.63) is 75.4 Å². The Balaban J connectivity index is 1.90. The van der Waals surface area contributed by atoms with Gasteiger partial charge < -0.3 is 0 Å². The molecule has 2 aromatic carbocycles. The summed E-state index contributed by atoms with van der Waals surface area (Å²) in [6.45, 7) is 3.95. The number of anilines is 1. The summed E-state index contributed by atoms with van der Waals surface area (Å²) in [6, 6.07) is 13.7. The van der Waals surface area contributed by atoms with Crippen LogP contribution in [0.3, 0.4) is 0 Å².